The van der Waals surface area contributed by atoms with Crippen molar-refractivity contribution in [3.8, 4) is 0 Å². The van der Waals surface area contributed by atoms with E-state index in [0.717, 1.165) is 11.3 Å². The van der Waals surface area contributed by atoms with Crippen LogP contribution in [0, 0.1) is 0 Å². The highest BCUT2D eigenvalue weighted by Gasteiger charge is 2.44. The Morgan fingerprint density at radius 2 is 1.92 bits per heavy atom. The highest BCUT2D eigenvalue weighted by atomic mass is 32.1. The molecule has 2 amide bonds. The van der Waals surface area contributed by atoms with E-state index >= 15 is 0 Å². The number of nitrogens with two attached hydrogens (primary N) is 2. The van der Waals surface area contributed by atoms with Crippen LogP contribution in [0.25, 0.3) is 0 Å². The summed E-state index contributed by atoms with van der Waals surface area (Å²) in [4.78, 5) is 31.2. The molecule has 25 heavy (non-hydrogen) atoms. The first kappa shape index (κ1) is 19.0. The smallest absolute Gasteiger partial charge is 0.268 e. The lowest BCUT2D eigenvalue weighted by molar-refractivity contribution is -0.0228. The Bertz CT molecular complexity index is 720. The first-order chi connectivity index (χ1) is 11.8. The normalized spacial score (nSPS) is 25.2. The highest BCUT2D eigenvalue weighted by Crippen LogP contribution is 2.34. The predicted octanol–water partition coefficient (Wildman–Crippen LogP) is -2.10. The van der Waals surface area contributed by atoms with Crippen LogP contribution in [0.2, 0.25) is 0 Å². The molecule has 0 unspecified atom stereocenters. The number of hydrogen-bond acceptors (Lipinski definition) is 9. The summed E-state index contributed by atoms with van der Waals surface area (Å²) in [7, 11) is 0. The predicted molar refractivity (Wildman–Crippen MR) is 84.5 cm³/mol. The molecule has 0 saturated carbocycles. The number of aliphatic hydroxyl groups excluding tert-OH is 3. The number of primary amides is 2. The number of imidazole rings is 1. The standard InChI is InChI=1S/C9H12N2O5S.C4H5N3O/c10-8(15)3-2-17-9(11-3)7-6(14)5(13)4(1-12)16-7;5-4(8)3-1-6-2-7-3/h2,4-7,12-14H,1H2,(H2,10,15);1-2H,(H2,5,8)(H,6,7)/t4-,5-,6-,7-;/m1./s1. The molecule has 3 heterocycles. The van der Waals surface area contributed by atoms with Crippen LogP contribution >= 0.6 is 11.3 Å². The second kappa shape index (κ2) is 8.13. The van der Waals surface area contributed by atoms with Gasteiger partial charge in [0.15, 0.2) is 0 Å². The Hall–Kier alpha value is -2.38. The van der Waals surface area contributed by atoms with Gasteiger partial charge >= 0.3 is 0 Å². The summed E-state index contributed by atoms with van der Waals surface area (Å²) < 4.78 is 5.26. The molecule has 136 valence electrons. The maximum Gasteiger partial charge on any atom is 0.268 e. The lowest BCUT2D eigenvalue weighted by atomic mass is 10.1. The fraction of sp³-hybridized carbons (Fsp3) is 0.385. The van der Waals surface area contributed by atoms with Gasteiger partial charge in [0.1, 0.15) is 40.8 Å². The number of hydrogen-bond donors (Lipinski definition) is 6. The molecule has 3 rings (SSSR count). The van der Waals surface area contributed by atoms with Crippen LogP contribution < -0.4 is 11.5 Å². The van der Waals surface area contributed by atoms with Crippen molar-refractivity contribution < 1.29 is 29.6 Å². The number of aromatic nitrogens is 3. The van der Waals surface area contributed by atoms with Crippen LogP contribution in [0.3, 0.4) is 0 Å². The number of thiazole rings is 1. The summed E-state index contributed by atoms with van der Waals surface area (Å²) in [6.45, 7) is -0.400. The molecule has 0 aromatic carbocycles. The Morgan fingerprint density at radius 1 is 1.24 bits per heavy atom. The average Bonchev–Trinajstić information content (AvgIpc) is 3.30. The van der Waals surface area contributed by atoms with E-state index in [-0.39, 0.29) is 11.4 Å². The second-order valence-electron chi connectivity index (χ2n) is 5.01. The number of H-pyrrole nitrogens is 1. The zero-order valence-corrected chi connectivity index (χ0v) is 13.6. The highest BCUT2D eigenvalue weighted by molar-refractivity contribution is 7.09. The number of nitrogens with one attached hydrogen (secondary N) is 1. The van der Waals surface area contributed by atoms with Gasteiger partial charge in [0.25, 0.3) is 11.8 Å². The van der Waals surface area contributed by atoms with Gasteiger partial charge in [-0.25, -0.2) is 9.97 Å². The number of carbonyl (C=O) groups is 2. The average molecular weight is 371 g/mol. The molecule has 2 aromatic heterocycles. The summed E-state index contributed by atoms with van der Waals surface area (Å²) in [6.07, 6.45) is -1.20. The number of rotatable bonds is 4. The molecule has 8 N–H and O–H groups in total. The molecule has 0 spiro atoms. The van der Waals surface area contributed by atoms with Gasteiger partial charge in [-0.15, -0.1) is 11.3 Å². The lowest BCUT2D eigenvalue weighted by Gasteiger charge is -2.11. The minimum atomic E-state index is -1.18. The first-order valence-electron chi connectivity index (χ1n) is 7.01. The van der Waals surface area contributed by atoms with Gasteiger partial charge in [0, 0.05) is 11.6 Å². The van der Waals surface area contributed by atoms with Gasteiger partial charge in [-0.05, 0) is 0 Å². The molecule has 2 aromatic rings. The van der Waals surface area contributed by atoms with Gasteiger partial charge in [-0.3, -0.25) is 9.59 Å². The van der Waals surface area contributed by atoms with Crippen molar-refractivity contribution in [1.82, 2.24) is 15.0 Å². The van der Waals surface area contributed by atoms with E-state index in [1.165, 1.54) is 17.9 Å². The number of aromatic amines is 1. The van der Waals surface area contributed by atoms with Crippen molar-refractivity contribution in [2.45, 2.75) is 24.4 Å². The minimum absolute atomic E-state index is 0.0859. The third-order valence-electron chi connectivity index (χ3n) is 3.31. The molecule has 0 radical (unpaired) electrons. The molecule has 1 saturated heterocycles. The summed E-state index contributed by atoms with van der Waals surface area (Å²) in [5.74, 6) is -1.18. The summed E-state index contributed by atoms with van der Waals surface area (Å²) >= 11 is 1.10. The van der Waals surface area contributed by atoms with E-state index in [4.69, 9.17) is 21.3 Å². The molecule has 11 nitrogen and oxygen atoms in total. The number of carbonyl (C=O) groups excluding carboxylic acids is 2. The van der Waals surface area contributed by atoms with Crippen LogP contribution in [0.15, 0.2) is 17.9 Å². The van der Waals surface area contributed by atoms with Crippen LogP contribution in [-0.2, 0) is 4.74 Å². The van der Waals surface area contributed by atoms with Crippen molar-refractivity contribution in [2.75, 3.05) is 6.61 Å². The minimum Gasteiger partial charge on any atom is -0.394 e. The quantitative estimate of drug-likeness (QED) is 0.351. The number of amides is 2. The molecule has 0 bridgehead atoms. The van der Waals surface area contributed by atoms with Crippen molar-refractivity contribution in [3.63, 3.8) is 0 Å². The first-order valence-corrected chi connectivity index (χ1v) is 7.89. The van der Waals surface area contributed by atoms with E-state index in [2.05, 4.69) is 15.0 Å². The molecule has 1 fully saturated rings. The molecule has 1 aliphatic heterocycles. The largest absolute Gasteiger partial charge is 0.394 e. The fourth-order valence-corrected chi connectivity index (χ4v) is 2.91. The van der Waals surface area contributed by atoms with E-state index in [9.17, 15) is 19.8 Å². The molecular formula is C13H17N5O6S. The van der Waals surface area contributed by atoms with E-state index in [1.54, 1.807) is 0 Å². The summed E-state index contributed by atoms with van der Waals surface area (Å²) in [5.41, 5.74) is 10.2. The van der Waals surface area contributed by atoms with Gasteiger partial charge in [-0.1, -0.05) is 0 Å². The Kier molecular flexibility index (Phi) is 6.17. The van der Waals surface area contributed by atoms with Crippen LogP contribution in [0.1, 0.15) is 32.1 Å². The Morgan fingerprint density at radius 3 is 2.32 bits per heavy atom. The zero-order valence-electron chi connectivity index (χ0n) is 12.8. The zero-order chi connectivity index (χ0) is 18.6. The van der Waals surface area contributed by atoms with Crippen LogP contribution in [0.4, 0.5) is 0 Å². The summed E-state index contributed by atoms with van der Waals surface area (Å²) in [5, 5.41) is 30.0. The van der Waals surface area contributed by atoms with Crippen LogP contribution in [0.5, 0.6) is 0 Å². The van der Waals surface area contributed by atoms with Crippen molar-refractivity contribution in [3.05, 3.63) is 34.3 Å². The van der Waals surface area contributed by atoms with Gasteiger partial charge in [0.05, 0.1) is 12.9 Å². The van der Waals surface area contributed by atoms with Gasteiger partial charge in [0.2, 0.25) is 0 Å². The number of nitrogens with zero attached hydrogens (tertiary/aromatic N) is 2. The maximum absolute atomic E-state index is 10.9. The number of aliphatic hydroxyl groups is 3. The Labute approximate surface area is 145 Å². The van der Waals surface area contributed by atoms with E-state index < -0.39 is 42.8 Å². The van der Waals surface area contributed by atoms with E-state index in [1.807, 2.05) is 0 Å². The molecule has 4 atom stereocenters. The molecule has 12 heteroatoms. The van der Waals surface area contributed by atoms with Crippen molar-refractivity contribution in [2.24, 2.45) is 11.5 Å². The third-order valence-corrected chi connectivity index (χ3v) is 4.22. The van der Waals surface area contributed by atoms with Gasteiger partial charge < -0.3 is 36.5 Å². The molecule has 1 aliphatic rings. The van der Waals surface area contributed by atoms with Crippen molar-refractivity contribution >= 4 is 23.2 Å². The molecular weight excluding hydrogens is 354 g/mol. The van der Waals surface area contributed by atoms with E-state index in [0.29, 0.717) is 5.01 Å². The third kappa shape index (κ3) is 4.37. The SMILES string of the molecule is NC(=O)c1c[nH]cn1.NC(=O)c1csc([C@@H]2O[C@H](CO)[C@@H](O)[C@H]2O)n1. The number of ether oxygens (including phenoxy) is 1. The van der Waals surface area contributed by atoms with Crippen LogP contribution in [-0.4, -0.2) is 67.0 Å². The fourth-order valence-electron chi connectivity index (χ4n) is 2.03. The van der Waals surface area contributed by atoms with Crippen molar-refractivity contribution in [1.29, 1.82) is 0 Å². The topological polar surface area (TPSA) is 198 Å². The summed E-state index contributed by atoms with van der Waals surface area (Å²) in [6, 6.07) is 0. The Balaban J connectivity index is 0.000000236. The monoisotopic (exact) mass is 371 g/mol. The second-order valence-corrected chi connectivity index (χ2v) is 5.90. The lowest BCUT2D eigenvalue weighted by Crippen LogP contribution is -2.32. The molecule has 0 aliphatic carbocycles. The van der Waals surface area contributed by atoms with Gasteiger partial charge in [-0.2, -0.15) is 0 Å². The maximum atomic E-state index is 10.9.